The van der Waals surface area contributed by atoms with Crippen LogP contribution in [-0.2, 0) is 0 Å². The molecule has 0 aliphatic heterocycles. The van der Waals surface area contributed by atoms with E-state index < -0.39 is 0 Å². The van der Waals surface area contributed by atoms with Crippen LogP contribution < -0.4 is 10.1 Å². The molecule has 0 aromatic carbocycles. The Morgan fingerprint density at radius 1 is 1.33 bits per heavy atom. The molecule has 1 heterocycles. The number of aromatic nitrogens is 2. The van der Waals surface area contributed by atoms with Crippen molar-refractivity contribution in [2.24, 2.45) is 11.8 Å². The minimum absolute atomic E-state index is 0.247. The molecule has 4 nitrogen and oxygen atoms in total. The molecule has 0 saturated heterocycles. The first-order valence-electron chi connectivity index (χ1n) is 6.78. The molecule has 1 fully saturated rings. The van der Waals surface area contributed by atoms with E-state index in [0.717, 1.165) is 11.6 Å². The lowest BCUT2D eigenvalue weighted by Crippen LogP contribution is -2.30. The standard InChI is InChI=1S/C14H23N3O/c1-10-5-4-6-11(9-10)12(15-2)13-14(18-3)17-8-7-16-13/h7-8,10-12,15H,4-6,9H2,1-3H3. The van der Waals surface area contributed by atoms with Crippen LogP contribution in [0.3, 0.4) is 0 Å². The quantitative estimate of drug-likeness (QED) is 0.891. The van der Waals surface area contributed by atoms with Crippen molar-refractivity contribution in [3.63, 3.8) is 0 Å². The third kappa shape index (κ3) is 2.80. The van der Waals surface area contributed by atoms with Crippen molar-refractivity contribution < 1.29 is 4.74 Å². The van der Waals surface area contributed by atoms with Crippen LogP contribution in [0.5, 0.6) is 5.88 Å². The van der Waals surface area contributed by atoms with Crippen molar-refractivity contribution in [1.82, 2.24) is 15.3 Å². The number of methoxy groups -OCH3 is 1. The van der Waals surface area contributed by atoms with E-state index in [4.69, 9.17) is 4.74 Å². The van der Waals surface area contributed by atoms with Gasteiger partial charge in [0.05, 0.1) is 13.2 Å². The molecule has 1 aliphatic rings. The van der Waals surface area contributed by atoms with Crippen LogP contribution in [0, 0.1) is 11.8 Å². The van der Waals surface area contributed by atoms with Crippen LogP contribution >= 0.6 is 0 Å². The summed E-state index contributed by atoms with van der Waals surface area (Å²) in [6.45, 7) is 2.34. The van der Waals surface area contributed by atoms with Gasteiger partial charge < -0.3 is 10.1 Å². The highest BCUT2D eigenvalue weighted by Crippen LogP contribution is 2.38. The van der Waals surface area contributed by atoms with E-state index in [1.54, 1.807) is 19.5 Å². The first-order chi connectivity index (χ1) is 8.76. The Balaban J connectivity index is 2.21. The van der Waals surface area contributed by atoms with E-state index in [0.29, 0.717) is 11.8 Å². The van der Waals surface area contributed by atoms with Crippen LogP contribution in [0.2, 0.25) is 0 Å². The number of ether oxygens (including phenoxy) is 1. The Kier molecular flexibility index (Phi) is 4.53. The Labute approximate surface area is 109 Å². The van der Waals surface area contributed by atoms with Crippen LogP contribution in [0.1, 0.15) is 44.3 Å². The molecule has 2 rings (SSSR count). The van der Waals surface area contributed by atoms with Crippen molar-refractivity contribution in [2.45, 2.75) is 38.6 Å². The Morgan fingerprint density at radius 3 is 2.78 bits per heavy atom. The highest BCUT2D eigenvalue weighted by Gasteiger charge is 2.29. The molecule has 0 spiro atoms. The topological polar surface area (TPSA) is 47.0 Å². The molecule has 3 unspecified atom stereocenters. The van der Waals surface area contributed by atoms with E-state index >= 15 is 0 Å². The van der Waals surface area contributed by atoms with Gasteiger partial charge >= 0.3 is 0 Å². The molecule has 1 aromatic rings. The fourth-order valence-corrected chi connectivity index (χ4v) is 3.09. The van der Waals surface area contributed by atoms with Gasteiger partial charge in [-0.15, -0.1) is 0 Å². The summed E-state index contributed by atoms with van der Waals surface area (Å²) in [6, 6.07) is 0.247. The van der Waals surface area contributed by atoms with E-state index in [2.05, 4.69) is 22.2 Å². The number of hydrogen-bond donors (Lipinski definition) is 1. The number of rotatable bonds is 4. The van der Waals surface area contributed by atoms with Gasteiger partial charge in [-0.1, -0.05) is 19.8 Å². The molecule has 1 saturated carbocycles. The lowest BCUT2D eigenvalue weighted by atomic mass is 9.77. The van der Waals surface area contributed by atoms with Crippen molar-refractivity contribution in [3.05, 3.63) is 18.1 Å². The maximum Gasteiger partial charge on any atom is 0.237 e. The van der Waals surface area contributed by atoms with Gasteiger partial charge in [-0.3, -0.25) is 4.98 Å². The summed E-state index contributed by atoms with van der Waals surface area (Å²) in [6.07, 6.45) is 8.60. The summed E-state index contributed by atoms with van der Waals surface area (Å²) in [5, 5.41) is 3.40. The maximum absolute atomic E-state index is 5.33. The second kappa shape index (κ2) is 6.14. The number of nitrogens with zero attached hydrogens (tertiary/aromatic N) is 2. The highest BCUT2D eigenvalue weighted by atomic mass is 16.5. The summed E-state index contributed by atoms with van der Waals surface area (Å²) >= 11 is 0. The van der Waals surface area contributed by atoms with Gasteiger partial charge in [0, 0.05) is 12.4 Å². The molecule has 0 amide bonds. The molecule has 0 radical (unpaired) electrons. The van der Waals surface area contributed by atoms with Crippen LogP contribution in [0.25, 0.3) is 0 Å². The summed E-state index contributed by atoms with van der Waals surface area (Å²) in [4.78, 5) is 8.73. The molecule has 0 bridgehead atoms. The molecule has 4 heteroatoms. The van der Waals surface area contributed by atoms with Crippen molar-refractivity contribution in [2.75, 3.05) is 14.2 Å². The minimum atomic E-state index is 0.247. The second-order valence-corrected chi connectivity index (χ2v) is 5.25. The lowest BCUT2D eigenvalue weighted by Gasteiger charge is -2.33. The second-order valence-electron chi connectivity index (χ2n) is 5.25. The van der Waals surface area contributed by atoms with Crippen molar-refractivity contribution >= 4 is 0 Å². The van der Waals surface area contributed by atoms with Gasteiger partial charge in [-0.2, -0.15) is 0 Å². The third-order valence-electron chi connectivity index (χ3n) is 3.94. The van der Waals surface area contributed by atoms with E-state index in [1.165, 1.54) is 25.7 Å². The molecule has 1 aliphatic carbocycles. The average Bonchev–Trinajstić information content (AvgIpc) is 2.40. The molecular formula is C14H23N3O. The zero-order valence-electron chi connectivity index (χ0n) is 11.5. The van der Waals surface area contributed by atoms with Crippen LogP contribution in [-0.4, -0.2) is 24.1 Å². The largest absolute Gasteiger partial charge is 0.480 e. The van der Waals surface area contributed by atoms with Gasteiger partial charge in [0.15, 0.2) is 0 Å². The monoisotopic (exact) mass is 249 g/mol. The Bertz CT molecular complexity index is 383. The summed E-state index contributed by atoms with van der Waals surface area (Å²) in [7, 11) is 3.65. The lowest BCUT2D eigenvalue weighted by molar-refractivity contribution is 0.222. The molecule has 1 N–H and O–H groups in total. The van der Waals surface area contributed by atoms with E-state index in [-0.39, 0.29) is 6.04 Å². The number of nitrogens with one attached hydrogen (secondary N) is 1. The van der Waals surface area contributed by atoms with Crippen molar-refractivity contribution in [3.8, 4) is 5.88 Å². The highest BCUT2D eigenvalue weighted by molar-refractivity contribution is 5.22. The first kappa shape index (κ1) is 13.3. The van der Waals surface area contributed by atoms with Crippen LogP contribution in [0.4, 0.5) is 0 Å². The smallest absolute Gasteiger partial charge is 0.237 e. The fourth-order valence-electron chi connectivity index (χ4n) is 3.09. The van der Waals surface area contributed by atoms with Gasteiger partial charge in [-0.05, 0) is 31.7 Å². The SMILES string of the molecule is CNC(c1nccnc1OC)C1CCCC(C)C1. The molecule has 1 aromatic heterocycles. The molecule has 18 heavy (non-hydrogen) atoms. The zero-order valence-corrected chi connectivity index (χ0v) is 11.5. The van der Waals surface area contributed by atoms with E-state index in [9.17, 15) is 0 Å². The van der Waals surface area contributed by atoms with Gasteiger partial charge in [0.2, 0.25) is 5.88 Å². The predicted molar refractivity (Wildman–Crippen MR) is 71.5 cm³/mol. The predicted octanol–water partition coefficient (Wildman–Crippen LogP) is 2.57. The summed E-state index contributed by atoms with van der Waals surface area (Å²) < 4.78 is 5.33. The van der Waals surface area contributed by atoms with Crippen molar-refractivity contribution in [1.29, 1.82) is 0 Å². The fraction of sp³-hybridized carbons (Fsp3) is 0.714. The van der Waals surface area contributed by atoms with Gasteiger partial charge in [0.1, 0.15) is 5.69 Å². The Hall–Kier alpha value is -1.16. The average molecular weight is 249 g/mol. The maximum atomic E-state index is 5.33. The summed E-state index contributed by atoms with van der Waals surface area (Å²) in [5.74, 6) is 2.08. The zero-order chi connectivity index (χ0) is 13.0. The normalized spacial score (nSPS) is 25.7. The van der Waals surface area contributed by atoms with E-state index in [1.807, 2.05) is 7.05 Å². The molecule has 100 valence electrons. The third-order valence-corrected chi connectivity index (χ3v) is 3.94. The van der Waals surface area contributed by atoms with Crippen LogP contribution in [0.15, 0.2) is 12.4 Å². The molecular weight excluding hydrogens is 226 g/mol. The van der Waals surface area contributed by atoms with Gasteiger partial charge in [0.25, 0.3) is 0 Å². The minimum Gasteiger partial charge on any atom is -0.480 e. The number of hydrogen-bond acceptors (Lipinski definition) is 4. The first-order valence-corrected chi connectivity index (χ1v) is 6.78. The summed E-state index contributed by atoms with van der Waals surface area (Å²) in [5.41, 5.74) is 0.946. The molecule has 3 atom stereocenters. The van der Waals surface area contributed by atoms with Gasteiger partial charge in [-0.25, -0.2) is 4.98 Å². The Morgan fingerprint density at radius 2 is 2.11 bits per heavy atom.